The quantitative estimate of drug-likeness (QED) is 0.463. The van der Waals surface area contributed by atoms with Crippen LogP contribution in [0.3, 0.4) is 0 Å². The normalized spacial score (nSPS) is 20.8. The molecule has 0 radical (unpaired) electrons. The van der Waals surface area contributed by atoms with E-state index in [1.54, 1.807) is 58.0 Å². The second-order valence-electron chi connectivity index (χ2n) is 11.1. The molecule has 1 saturated heterocycles. The molecule has 2 aromatic carbocycles. The lowest BCUT2D eigenvalue weighted by Crippen LogP contribution is -2.57. The molecular formula is C30H35F3N4O5. The molecule has 2 aliphatic heterocycles. The molecule has 2 aromatic rings. The van der Waals surface area contributed by atoms with Gasteiger partial charge in [-0.05, 0) is 48.9 Å². The third kappa shape index (κ3) is 6.28. The number of likely N-dealkylation sites (tertiary alicyclic amines) is 1. The molecule has 2 unspecified atom stereocenters. The summed E-state index contributed by atoms with van der Waals surface area (Å²) in [7, 11) is 0. The molecule has 1 fully saturated rings. The summed E-state index contributed by atoms with van der Waals surface area (Å²) in [6.07, 6.45) is -5.57. The van der Waals surface area contributed by atoms with E-state index in [0.717, 1.165) is 10.8 Å². The van der Waals surface area contributed by atoms with E-state index in [1.807, 2.05) is 12.1 Å². The minimum absolute atomic E-state index is 0.192. The number of allylic oxidation sites excluding steroid dienone is 1. The van der Waals surface area contributed by atoms with Gasteiger partial charge < -0.3 is 16.0 Å². The average Bonchev–Trinajstić information content (AvgIpc) is 3.51. The molecular weight excluding hydrogens is 553 g/mol. The first-order chi connectivity index (χ1) is 19.7. The zero-order valence-electron chi connectivity index (χ0n) is 23.9. The number of nitrogens with one attached hydrogen (secondary N) is 1. The lowest BCUT2D eigenvalue weighted by molar-refractivity contribution is -0.185. The van der Waals surface area contributed by atoms with Gasteiger partial charge in [0.1, 0.15) is 24.2 Å². The molecule has 4 rings (SSSR count). The van der Waals surface area contributed by atoms with Crippen LogP contribution in [-0.4, -0.2) is 70.4 Å². The number of fused-ring (bicyclic) bond motifs is 1. The zero-order chi connectivity index (χ0) is 30.9. The molecule has 12 heteroatoms. The van der Waals surface area contributed by atoms with Crippen LogP contribution in [0, 0.1) is 5.92 Å². The smallest absolute Gasteiger partial charge is 0.366 e. The van der Waals surface area contributed by atoms with Crippen molar-refractivity contribution in [3.8, 4) is 0 Å². The van der Waals surface area contributed by atoms with Gasteiger partial charge in [0.05, 0.1) is 11.3 Å². The number of nitrogens with two attached hydrogens (primary N) is 1. The predicted molar refractivity (Wildman–Crippen MR) is 148 cm³/mol. The monoisotopic (exact) mass is 588 g/mol. The largest absolute Gasteiger partial charge is 0.452 e. The molecule has 2 aliphatic rings. The third-order valence-electron chi connectivity index (χ3n) is 7.81. The molecule has 9 nitrogen and oxygen atoms in total. The van der Waals surface area contributed by atoms with Crippen molar-refractivity contribution in [1.29, 1.82) is 0 Å². The van der Waals surface area contributed by atoms with Crippen molar-refractivity contribution in [3.05, 3.63) is 59.3 Å². The second kappa shape index (κ2) is 12.1. The lowest BCUT2D eigenvalue weighted by Gasteiger charge is -2.36. The molecule has 0 spiro atoms. The van der Waals surface area contributed by atoms with Crippen molar-refractivity contribution in [3.63, 3.8) is 0 Å². The number of hydrogen-bond acceptors (Lipinski definition) is 6. The Balaban J connectivity index is 1.57. The summed E-state index contributed by atoms with van der Waals surface area (Å²) in [5.41, 5.74) is 6.56. The molecule has 226 valence electrons. The van der Waals surface area contributed by atoms with Crippen molar-refractivity contribution >= 4 is 34.3 Å². The van der Waals surface area contributed by atoms with Crippen molar-refractivity contribution in [2.45, 2.75) is 77.4 Å². The number of halogens is 3. The Hall–Kier alpha value is -3.93. The van der Waals surface area contributed by atoms with E-state index in [4.69, 9.17) is 10.6 Å². The minimum atomic E-state index is -5.17. The van der Waals surface area contributed by atoms with E-state index in [2.05, 4.69) is 5.32 Å². The highest BCUT2D eigenvalue weighted by atomic mass is 19.4. The fourth-order valence-electron chi connectivity index (χ4n) is 5.77. The molecule has 3 amide bonds. The van der Waals surface area contributed by atoms with Crippen molar-refractivity contribution in [2.24, 2.45) is 11.7 Å². The maximum Gasteiger partial charge on any atom is 0.452 e. The first-order valence-corrected chi connectivity index (χ1v) is 13.9. The van der Waals surface area contributed by atoms with E-state index in [1.165, 1.54) is 9.96 Å². The van der Waals surface area contributed by atoms with Gasteiger partial charge in [-0.25, -0.2) is 5.06 Å². The molecule has 42 heavy (non-hydrogen) atoms. The molecule has 0 aromatic heterocycles. The maximum atomic E-state index is 13.9. The van der Waals surface area contributed by atoms with Gasteiger partial charge in [0.2, 0.25) is 17.7 Å². The fourth-order valence-corrected chi connectivity index (χ4v) is 5.77. The number of nitrogens with zero attached hydrogens (tertiary/aromatic N) is 2. The van der Waals surface area contributed by atoms with Crippen LogP contribution in [0.5, 0.6) is 0 Å². The van der Waals surface area contributed by atoms with Gasteiger partial charge in [-0.3, -0.25) is 24.0 Å². The van der Waals surface area contributed by atoms with E-state index >= 15 is 0 Å². The van der Waals surface area contributed by atoms with Gasteiger partial charge in [0, 0.05) is 13.0 Å². The number of benzene rings is 2. The summed E-state index contributed by atoms with van der Waals surface area (Å²) in [4.78, 5) is 58.8. The Bertz CT molecular complexity index is 1420. The van der Waals surface area contributed by atoms with Crippen LogP contribution in [0.4, 0.5) is 13.2 Å². The first kappa shape index (κ1) is 31.0. The van der Waals surface area contributed by atoms with Crippen LogP contribution in [0.15, 0.2) is 53.7 Å². The van der Waals surface area contributed by atoms with Crippen LogP contribution >= 0.6 is 0 Å². The molecule has 4 atom stereocenters. The van der Waals surface area contributed by atoms with Gasteiger partial charge in [0.15, 0.2) is 0 Å². The summed E-state index contributed by atoms with van der Waals surface area (Å²) in [5, 5.41) is 5.31. The Morgan fingerprint density at radius 2 is 1.76 bits per heavy atom. The highest BCUT2D eigenvalue weighted by Crippen LogP contribution is 2.32. The van der Waals surface area contributed by atoms with E-state index in [0.29, 0.717) is 17.7 Å². The van der Waals surface area contributed by atoms with Crippen LogP contribution in [-0.2, 0) is 30.4 Å². The number of alkyl halides is 3. The van der Waals surface area contributed by atoms with E-state index in [-0.39, 0.29) is 30.9 Å². The van der Waals surface area contributed by atoms with Gasteiger partial charge in [-0.2, -0.15) is 13.2 Å². The number of Topliss-reactive ketones (excluding diaryl/α,β-unsaturated/α-hetero) is 1. The highest BCUT2D eigenvalue weighted by Gasteiger charge is 2.47. The average molecular weight is 589 g/mol. The number of rotatable bonds is 9. The summed E-state index contributed by atoms with van der Waals surface area (Å²) in [5.74, 6) is -4.40. The molecule has 3 N–H and O–H groups in total. The topological polar surface area (TPSA) is 122 Å². The Kier molecular flexibility index (Phi) is 8.95. The summed E-state index contributed by atoms with van der Waals surface area (Å²) >= 11 is 0. The first-order valence-electron chi connectivity index (χ1n) is 13.9. The molecule has 2 heterocycles. The van der Waals surface area contributed by atoms with Crippen LogP contribution < -0.4 is 11.1 Å². The Morgan fingerprint density at radius 1 is 1.10 bits per heavy atom. The van der Waals surface area contributed by atoms with Crippen LogP contribution in [0.25, 0.3) is 10.8 Å². The Morgan fingerprint density at radius 3 is 2.36 bits per heavy atom. The Labute approximate surface area is 241 Å². The number of carbonyl (C=O) groups excluding carboxylic acids is 4. The van der Waals surface area contributed by atoms with Gasteiger partial charge in [-0.1, -0.05) is 56.3 Å². The summed E-state index contributed by atoms with van der Waals surface area (Å²) < 4.78 is 40.8. The van der Waals surface area contributed by atoms with Crippen molar-refractivity contribution < 1.29 is 37.2 Å². The standard InChI is InChI=1S/C30H35F3N4O5/c1-16(2)25(37-17(3)24(27(34)39)18(4)42-37)29(41)36-13-7-10-23(36)28(40)35-22(26(38)30(31,32)33)15-19-11-12-20-8-5-6-9-21(20)14-19/h5-6,8-9,11-12,14,16,18,22-23,25H,7,10,13,15H2,1-4H3,(H2,34,39)(H,35,40)/t18?,22-,23-,25?/m0/s1. The number of hydroxylamine groups is 2. The number of hydrogen-bond donors (Lipinski definition) is 2. The SMILES string of the molecule is CC1=C(C(N)=O)C(C)ON1C(C(=O)N1CCC[C@H]1C(=O)N[C@@H](Cc1ccc2ccccc2c1)C(=O)C(F)(F)F)C(C)C. The van der Waals surface area contributed by atoms with Crippen LogP contribution in [0.1, 0.15) is 46.1 Å². The van der Waals surface area contributed by atoms with Gasteiger partial charge in [-0.15, -0.1) is 0 Å². The molecule has 0 saturated carbocycles. The van der Waals surface area contributed by atoms with Crippen molar-refractivity contribution in [1.82, 2.24) is 15.3 Å². The predicted octanol–water partition coefficient (Wildman–Crippen LogP) is 3.41. The lowest BCUT2D eigenvalue weighted by atomic mass is 9.98. The number of amides is 3. The third-order valence-corrected chi connectivity index (χ3v) is 7.81. The summed E-state index contributed by atoms with van der Waals surface area (Å²) in [6.45, 7) is 6.99. The summed E-state index contributed by atoms with van der Waals surface area (Å²) in [6, 6.07) is 8.45. The number of carbonyl (C=O) groups is 4. The van der Waals surface area contributed by atoms with Crippen LogP contribution in [0.2, 0.25) is 0 Å². The number of primary amides is 1. The van der Waals surface area contributed by atoms with Crippen molar-refractivity contribution in [2.75, 3.05) is 6.54 Å². The van der Waals surface area contributed by atoms with E-state index in [9.17, 15) is 32.3 Å². The minimum Gasteiger partial charge on any atom is -0.366 e. The fraction of sp³-hybridized carbons (Fsp3) is 0.467. The zero-order valence-corrected chi connectivity index (χ0v) is 23.9. The molecule has 0 aliphatic carbocycles. The van der Waals surface area contributed by atoms with E-state index < -0.39 is 53.9 Å². The van der Waals surface area contributed by atoms with Gasteiger partial charge in [0.25, 0.3) is 5.78 Å². The number of ketones is 1. The second-order valence-corrected chi connectivity index (χ2v) is 11.1. The highest BCUT2D eigenvalue weighted by molar-refractivity contribution is 5.97. The maximum absolute atomic E-state index is 13.9. The van der Waals surface area contributed by atoms with Gasteiger partial charge >= 0.3 is 6.18 Å². The molecule has 0 bridgehead atoms.